The van der Waals surface area contributed by atoms with Gasteiger partial charge in [-0.05, 0) is 41.3 Å². The molecule has 0 unspecified atom stereocenters. The number of aromatic nitrogens is 2. The van der Waals surface area contributed by atoms with E-state index in [0.29, 0.717) is 11.6 Å². The van der Waals surface area contributed by atoms with Gasteiger partial charge in [0.2, 0.25) is 0 Å². The third-order valence-corrected chi connectivity index (χ3v) is 4.90. The summed E-state index contributed by atoms with van der Waals surface area (Å²) in [7, 11) is 1.64. The Bertz CT molecular complexity index is 940. The van der Waals surface area contributed by atoms with Gasteiger partial charge in [-0.3, -0.25) is 9.89 Å². The first-order valence-electron chi connectivity index (χ1n) is 8.72. The number of H-pyrrole nitrogens is 1. The molecule has 5 nitrogen and oxygen atoms in total. The summed E-state index contributed by atoms with van der Waals surface area (Å²) in [5.41, 5.74) is 5.51. The Morgan fingerprint density at radius 2 is 1.73 bits per heavy atom. The number of nitrogens with one attached hydrogen (secondary N) is 2. The van der Waals surface area contributed by atoms with E-state index in [1.54, 1.807) is 7.11 Å². The normalized spacial score (nSPS) is 15.8. The number of amides is 1. The van der Waals surface area contributed by atoms with E-state index >= 15 is 0 Å². The minimum absolute atomic E-state index is 0.120. The predicted molar refractivity (Wildman–Crippen MR) is 100 cm³/mol. The summed E-state index contributed by atoms with van der Waals surface area (Å²) in [6.07, 6.45) is 0. The second-order valence-corrected chi connectivity index (χ2v) is 6.82. The van der Waals surface area contributed by atoms with Crippen molar-refractivity contribution in [1.82, 2.24) is 15.5 Å². The van der Waals surface area contributed by atoms with Crippen LogP contribution in [0.2, 0.25) is 0 Å². The minimum Gasteiger partial charge on any atom is -0.497 e. The lowest BCUT2D eigenvalue weighted by Gasteiger charge is -2.15. The molecule has 2 aromatic carbocycles. The Morgan fingerprint density at radius 1 is 1.04 bits per heavy atom. The number of carbonyl (C=O) groups excluding carboxylic acids is 1. The standard InChI is InChI=1S/C21H21N3O2/c1-12(2)13-4-6-14(7-5-13)18-17-19(23-24-20(17)21(25)22-18)15-8-10-16(26-3)11-9-15/h4-12,18H,1-3H3,(H,22,25)(H,23,24)/t18-/m1/s1. The van der Waals surface area contributed by atoms with Gasteiger partial charge in [-0.25, -0.2) is 0 Å². The number of fused-ring (bicyclic) bond motifs is 1. The SMILES string of the molecule is COc1ccc(-c2n[nH]c3c2[C@@H](c2ccc(C(C)C)cc2)NC3=O)cc1. The smallest absolute Gasteiger partial charge is 0.270 e. The molecule has 3 aromatic rings. The van der Waals surface area contributed by atoms with E-state index in [1.165, 1.54) is 5.56 Å². The molecule has 1 aromatic heterocycles. The third kappa shape index (κ3) is 2.65. The maximum atomic E-state index is 12.4. The highest BCUT2D eigenvalue weighted by Gasteiger charge is 2.35. The Kier molecular flexibility index (Phi) is 3.99. The highest BCUT2D eigenvalue weighted by Crippen LogP contribution is 2.37. The average Bonchev–Trinajstić information content (AvgIpc) is 3.23. The number of benzene rings is 2. The van der Waals surface area contributed by atoms with Crippen LogP contribution in [0, 0.1) is 0 Å². The van der Waals surface area contributed by atoms with E-state index in [0.717, 1.165) is 28.1 Å². The van der Waals surface area contributed by atoms with E-state index in [1.807, 2.05) is 24.3 Å². The van der Waals surface area contributed by atoms with E-state index < -0.39 is 0 Å². The second-order valence-electron chi connectivity index (χ2n) is 6.82. The van der Waals surface area contributed by atoms with Gasteiger partial charge in [0.1, 0.15) is 11.4 Å². The molecule has 2 heterocycles. The largest absolute Gasteiger partial charge is 0.497 e. The summed E-state index contributed by atoms with van der Waals surface area (Å²) >= 11 is 0. The molecule has 4 rings (SSSR count). The van der Waals surface area contributed by atoms with Gasteiger partial charge in [-0.15, -0.1) is 0 Å². The Labute approximate surface area is 152 Å². The molecule has 1 aliphatic rings. The Hall–Kier alpha value is -3.08. The van der Waals surface area contributed by atoms with Crippen molar-refractivity contribution in [3.8, 4) is 17.0 Å². The molecule has 0 bridgehead atoms. The van der Waals surface area contributed by atoms with Gasteiger partial charge >= 0.3 is 0 Å². The Morgan fingerprint density at radius 3 is 2.35 bits per heavy atom. The first kappa shape index (κ1) is 16.4. The zero-order chi connectivity index (χ0) is 18.3. The summed E-state index contributed by atoms with van der Waals surface area (Å²) in [5, 5.41) is 10.4. The highest BCUT2D eigenvalue weighted by molar-refractivity contribution is 6.00. The van der Waals surface area contributed by atoms with Crippen molar-refractivity contribution >= 4 is 5.91 Å². The van der Waals surface area contributed by atoms with Crippen LogP contribution < -0.4 is 10.1 Å². The minimum atomic E-state index is -0.199. The van der Waals surface area contributed by atoms with Gasteiger partial charge < -0.3 is 10.1 Å². The van der Waals surface area contributed by atoms with Crippen LogP contribution in [0.4, 0.5) is 0 Å². The zero-order valence-electron chi connectivity index (χ0n) is 15.0. The van der Waals surface area contributed by atoms with Gasteiger partial charge in [0, 0.05) is 11.1 Å². The van der Waals surface area contributed by atoms with Gasteiger partial charge in [0.15, 0.2) is 0 Å². The first-order valence-corrected chi connectivity index (χ1v) is 8.72. The molecule has 0 aliphatic carbocycles. The van der Waals surface area contributed by atoms with Crippen molar-refractivity contribution in [3.05, 3.63) is 70.9 Å². The number of hydrogen-bond acceptors (Lipinski definition) is 3. The fourth-order valence-electron chi connectivity index (χ4n) is 3.37. The van der Waals surface area contributed by atoms with Crippen LogP contribution in [0.3, 0.4) is 0 Å². The van der Waals surface area contributed by atoms with Crippen molar-refractivity contribution in [1.29, 1.82) is 0 Å². The number of rotatable bonds is 4. The van der Waals surface area contributed by atoms with Crippen LogP contribution in [0.25, 0.3) is 11.3 Å². The molecule has 5 heteroatoms. The molecule has 0 fully saturated rings. The van der Waals surface area contributed by atoms with E-state index in [2.05, 4.69) is 53.6 Å². The third-order valence-electron chi connectivity index (χ3n) is 4.90. The van der Waals surface area contributed by atoms with E-state index in [-0.39, 0.29) is 11.9 Å². The molecule has 2 N–H and O–H groups in total. The van der Waals surface area contributed by atoms with Crippen molar-refractivity contribution in [2.75, 3.05) is 7.11 Å². The number of hydrogen-bond donors (Lipinski definition) is 2. The molecule has 0 saturated carbocycles. The van der Waals surface area contributed by atoms with Crippen molar-refractivity contribution in [2.24, 2.45) is 0 Å². The molecule has 0 saturated heterocycles. The fourth-order valence-corrected chi connectivity index (χ4v) is 3.37. The number of carbonyl (C=O) groups is 1. The van der Waals surface area contributed by atoms with Crippen LogP contribution in [0.15, 0.2) is 48.5 Å². The summed E-state index contributed by atoms with van der Waals surface area (Å²) in [6.45, 7) is 4.34. The lowest BCUT2D eigenvalue weighted by Crippen LogP contribution is -2.21. The van der Waals surface area contributed by atoms with Crippen LogP contribution in [-0.2, 0) is 0 Å². The topological polar surface area (TPSA) is 67.0 Å². The van der Waals surface area contributed by atoms with Crippen LogP contribution in [0.1, 0.15) is 53.0 Å². The lowest BCUT2D eigenvalue weighted by atomic mass is 9.94. The number of aromatic amines is 1. The zero-order valence-corrected chi connectivity index (χ0v) is 15.0. The number of nitrogens with zero attached hydrogens (tertiary/aromatic N) is 1. The summed E-state index contributed by atoms with van der Waals surface area (Å²) in [5.74, 6) is 1.14. The predicted octanol–water partition coefficient (Wildman–Crippen LogP) is 4.04. The summed E-state index contributed by atoms with van der Waals surface area (Å²) in [6, 6.07) is 15.9. The lowest BCUT2D eigenvalue weighted by molar-refractivity contribution is 0.0955. The molecule has 0 radical (unpaired) electrons. The molecule has 26 heavy (non-hydrogen) atoms. The number of ether oxygens (including phenoxy) is 1. The first-order chi connectivity index (χ1) is 12.6. The van der Waals surface area contributed by atoms with Gasteiger partial charge in [-0.2, -0.15) is 5.10 Å². The molecule has 1 aliphatic heterocycles. The monoisotopic (exact) mass is 347 g/mol. The molecule has 132 valence electrons. The maximum Gasteiger partial charge on any atom is 0.270 e. The molecule has 1 amide bonds. The van der Waals surface area contributed by atoms with Gasteiger partial charge in [0.05, 0.1) is 18.8 Å². The molecule has 0 spiro atoms. The summed E-state index contributed by atoms with van der Waals surface area (Å²) < 4.78 is 5.22. The fraction of sp³-hybridized carbons (Fsp3) is 0.238. The average molecular weight is 347 g/mol. The summed E-state index contributed by atoms with van der Waals surface area (Å²) in [4.78, 5) is 12.4. The van der Waals surface area contributed by atoms with E-state index in [9.17, 15) is 4.79 Å². The van der Waals surface area contributed by atoms with Crippen LogP contribution in [0.5, 0.6) is 5.75 Å². The highest BCUT2D eigenvalue weighted by atomic mass is 16.5. The van der Waals surface area contributed by atoms with Crippen LogP contribution >= 0.6 is 0 Å². The van der Waals surface area contributed by atoms with Crippen LogP contribution in [-0.4, -0.2) is 23.2 Å². The van der Waals surface area contributed by atoms with Gasteiger partial charge in [-0.1, -0.05) is 38.1 Å². The molecular weight excluding hydrogens is 326 g/mol. The number of methoxy groups -OCH3 is 1. The molecular formula is C21H21N3O2. The van der Waals surface area contributed by atoms with E-state index in [4.69, 9.17) is 4.74 Å². The van der Waals surface area contributed by atoms with Crippen molar-refractivity contribution in [2.45, 2.75) is 25.8 Å². The van der Waals surface area contributed by atoms with Crippen molar-refractivity contribution < 1.29 is 9.53 Å². The second kappa shape index (κ2) is 6.33. The van der Waals surface area contributed by atoms with Crippen molar-refractivity contribution in [3.63, 3.8) is 0 Å². The molecule has 1 atom stereocenters. The maximum absolute atomic E-state index is 12.4. The van der Waals surface area contributed by atoms with Gasteiger partial charge in [0.25, 0.3) is 5.91 Å². The quantitative estimate of drug-likeness (QED) is 0.748. The Balaban J connectivity index is 1.75.